The maximum Gasteiger partial charge on any atom is 0.244 e. The maximum atomic E-state index is 13.3. The average Bonchev–Trinajstić information content (AvgIpc) is 2.94. The predicted octanol–water partition coefficient (Wildman–Crippen LogP) is 1.44. The van der Waals surface area contributed by atoms with Crippen molar-refractivity contribution in [3.05, 3.63) is 23.8 Å². The number of rotatable bonds is 4. The molecular weight excluding hydrogens is 340 g/mol. The maximum absolute atomic E-state index is 13.3. The van der Waals surface area contributed by atoms with E-state index >= 15 is 0 Å². The molecule has 1 saturated heterocycles. The minimum Gasteiger partial charge on any atom is -0.493 e. The van der Waals surface area contributed by atoms with Gasteiger partial charge in [-0.25, -0.2) is 8.42 Å². The van der Waals surface area contributed by atoms with Crippen LogP contribution in [0.2, 0.25) is 0 Å². The Bertz CT molecular complexity index is 849. The van der Waals surface area contributed by atoms with Crippen LogP contribution in [0.1, 0.15) is 37.7 Å². The Labute approximate surface area is 147 Å². The van der Waals surface area contributed by atoms with Crippen molar-refractivity contribution >= 4 is 15.9 Å². The second-order valence-electron chi connectivity index (χ2n) is 7.66. The van der Waals surface area contributed by atoms with Crippen LogP contribution < -0.4 is 10.1 Å². The fraction of sp³-hybridized carbons (Fsp3) is 0.611. The Morgan fingerprint density at radius 2 is 2.12 bits per heavy atom. The molecule has 0 bridgehead atoms. The van der Waals surface area contributed by atoms with E-state index in [0.29, 0.717) is 19.6 Å². The van der Waals surface area contributed by atoms with Crippen molar-refractivity contribution in [2.24, 2.45) is 5.92 Å². The largest absolute Gasteiger partial charge is 0.493 e. The van der Waals surface area contributed by atoms with Crippen molar-refractivity contribution in [3.8, 4) is 5.75 Å². The predicted molar refractivity (Wildman–Crippen MR) is 90.8 cm³/mol. The number of benzene rings is 1. The Hall–Kier alpha value is -1.60. The smallest absolute Gasteiger partial charge is 0.244 e. The molecule has 0 spiro atoms. The highest BCUT2D eigenvalue weighted by molar-refractivity contribution is 7.89. The van der Waals surface area contributed by atoms with Gasteiger partial charge in [0.15, 0.2) is 0 Å². The minimum absolute atomic E-state index is 0.0900. The van der Waals surface area contributed by atoms with Crippen LogP contribution in [0, 0.1) is 5.92 Å². The molecule has 2 unspecified atom stereocenters. The second kappa shape index (κ2) is 5.20. The molecule has 0 aromatic heterocycles. The molecule has 25 heavy (non-hydrogen) atoms. The summed E-state index contributed by atoms with van der Waals surface area (Å²) < 4.78 is 33.4. The van der Waals surface area contributed by atoms with Gasteiger partial charge in [-0.3, -0.25) is 4.79 Å². The lowest BCUT2D eigenvalue weighted by Gasteiger charge is -2.32. The number of fused-ring (bicyclic) bond motifs is 2. The van der Waals surface area contributed by atoms with Crippen molar-refractivity contribution in [1.82, 2.24) is 9.62 Å². The van der Waals surface area contributed by atoms with E-state index in [4.69, 9.17) is 4.74 Å². The number of hydrogen-bond acceptors (Lipinski definition) is 4. The first kappa shape index (κ1) is 15.6. The molecule has 2 heterocycles. The van der Waals surface area contributed by atoms with Gasteiger partial charge >= 0.3 is 0 Å². The molecule has 2 aliphatic carbocycles. The third-order valence-electron chi connectivity index (χ3n) is 6.28. The third kappa shape index (κ3) is 2.18. The van der Waals surface area contributed by atoms with Gasteiger partial charge in [0.2, 0.25) is 15.9 Å². The van der Waals surface area contributed by atoms with Crippen molar-refractivity contribution in [2.75, 3.05) is 13.2 Å². The molecule has 1 N–H and O–H groups in total. The van der Waals surface area contributed by atoms with Crippen LogP contribution in [0.15, 0.2) is 23.1 Å². The lowest BCUT2D eigenvalue weighted by molar-refractivity contribution is -0.127. The molecule has 2 saturated carbocycles. The first-order valence-corrected chi connectivity index (χ1v) is 10.6. The lowest BCUT2D eigenvalue weighted by atomic mass is 9.93. The normalized spacial score (nSPS) is 31.0. The standard InChI is InChI=1S/C18H22N2O4S/c21-17(19-14-2-1-3-14)18-11-13(18)6-8-20(18)25(22,23)15-4-5-16-12(10-15)7-9-24-16/h4-5,10,13-14H,1-3,6-9,11H2,(H,19,21). The fourth-order valence-corrected chi connectivity index (χ4v) is 6.34. The molecule has 2 aliphatic heterocycles. The average molecular weight is 362 g/mol. The zero-order valence-electron chi connectivity index (χ0n) is 14.0. The minimum atomic E-state index is -3.68. The fourth-order valence-electron chi connectivity index (χ4n) is 4.48. The Balaban J connectivity index is 1.45. The summed E-state index contributed by atoms with van der Waals surface area (Å²) in [5, 5.41) is 3.07. The van der Waals surface area contributed by atoms with Crippen molar-refractivity contribution < 1.29 is 17.9 Å². The molecule has 5 rings (SSSR count). The molecule has 7 heteroatoms. The van der Waals surface area contributed by atoms with Crippen LogP contribution in [0.4, 0.5) is 0 Å². The van der Waals surface area contributed by atoms with E-state index in [0.717, 1.165) is 43.4 Å². The summed E-state index contributed by atoms with van der Waals surface area (Å²) in [5.41, 5.74) is 0.0878. The van der Waals surface area contributed by atoms with E-state index in [1.165, 1.54) is 4.31 Å². The van der Waals surface area contributed by atoms with Gasteiger partial charge < -0.3 is 10.1 Å². The van der Waals surface area contributed by atoms with Crippen LogP contribution in [-0.2, 0) is 21.2 Å². The first-order valence-electron chi connectivity index (χ1n) is 9.11. The number of nitrogens with one attached hydrogen (secondary N) is 1. The molecule has 134 valence electrons. The number of nitrogens with zero attached hydrogens (tertiary/aromatic N) is 1. The zero-order chi connectivity index (χ0) is 17.2. The molecule has 6 nitrogen and oxygen atoms in total. The molecule has 1 amide bonds. The number of amides is 1. The molecule has 1 aromatic rings. The Kier molecular flexibility index (Phi) is 3.26. The molecule has 2 atom stereocenters. The van der Waals surface area contributed by atoms with Gasteiger partial charge in [0.25, 0.3) is 0 Å². The van der Waals surface area contributed by atoms with Gasteiger partial charge in [-0.05, 0) is 61.8 Å². The van der Waals surface area contributed by atoms with Crippen LogP contribution >= 0.6 is 0 Å². The van der Waals surface area contributed by atoms with Crippen molar-refractivity contribution in [2.45, 2.75) is 55.0 Å². The number of piperidine rings is 1. The second-order valence-corrected chi connectivity index (χ2v) is 9.52. The molecule has 1 aromatic carbocycles. The Morgan fingerprint density at radius 3 is 2.84 bits per heavy atom. The number of hydrogen-bond donors (Lipinski definition) is 1. The molecule has 3 fully saturated rings. The lowest BCUT2D eigenvalue weighted by Crippen LogP contribution is -2.53. The van der Waals surface area contributed by atoms with E-state index in [1.54, 1.807) is 18.2 Å². The molecular formula is C18H22N2O4S. The quantitative estimate of drug-likeness (QED) is 0.879. The van der Waals surface area contributed by atoms with Crippen LogP contribution in [0.5, 0.6) is 5.75 Å². The van der Waals surface area contributed by atoms with E-state index in [2.05, 4.69) is 5.32 Å². The zero-order valence-corrected chi connectivity index (χ0v) is 14.8. The highest BCUT2D eigenvalue weighted by atomic mass is 32.2. The monoisotopic (exact) mass is 362 g/mol. The van der Waals surface area contributed by atoms with Gasteiger partial charge in [0, 0.05) is 19.0 Å². The van der Waals surface area contributed by atoms with Gasteiger partial charge in [0.05, 0.1) is 11.5 Å². The number of ether oxygens (including phenoxy) is 1. The third-order valence-corrected chi connectivity index (χ3v) is 8.22. The van der Waals surface area contributed by atoms with E-state index in [1.807, 2.05) is 0 Å². The van der Waals surface area contributed by atoms with E-state index in [9.17, 15) is 13.2 Å². The van der Waals surface area contributed by atoms with Crippen LogP contribution in [0.3, 0.4) is 0 Å². The summed E-state index contributed by atoms with van der Waals surface area (Å²) in [6.07, 6.45) is 5.30. The summed E-state index contributed by atoms with van der Waals surface area (Å²) in [7, 11) is -3.68. The summed E-state index contributed by atoms with van der Waals surface area (Å²) in [6.45, 7) is 1.02. The van der Waals surface area contributed by atoms with Crippen molar-refractivity contribution in [3.63, 3.8) is 0 Å². The summed E-state index contributed by atoms with van der Waals surface area (Å²) in [4.78, 5) is 13.1. The number of carbonyl (C=O) groups is 1. The summed E-state index contributed by atoms with van der Waals surface area (Å²) in [6, 6.07) is 5.28. The topological polar surface area (TPSA) is 75.7 Å². The first-order chi connectivity index (χ1) is 12.0. The molecule has 4 aliphatic rings. The van der Waals surface area contributed by atoms with Gasteiger partial charge in [-0.15, -0.1) is 0 Å². The van der Waals surface area contributed by atoms with Gasteiger partial charge in [-0.2, -0.15) is 4.31 Å². The van der Waals surface area contributed by atoms with Gasteiger partial charge in [-0.1, -0.05) is 0 Å². The number of carbonyl (C=O) groups excluding carboxylic acids is 1. The van der Waals surface area contributed by atoms with Gasteiger partial charge in [0.1, 0.15) is 11.3 Å². The summed E-state index contributed by atoms with van der Waals surface area (Å²) in [5.74, 6) is 0.843. The van der Waals surface area contributed by atoms with Crippen LogP contribution in [0.25, 0.3) is 0 Å². The summed E-state index contributed by atoms with van der Waals surface area (Å²) >= 11 is 0. The Morgan fingerprint density at radius 1 is 1.28 bits per heavy atom. The van der Waals surface area contributed by atoms with E-state index in [-0.39, 0.29) is 22.8 Å². The van der Waals surface area contributed by atoms with Crippen molar-refractivity contribution in [1.29, 1.82) is 0 Å². The van der Waals surface area contributed by atoms with Crippen LogP contribution in [-0.4, -0.2) is 43.4 Å². The SMILES string of the molecule is O=C(NC1CCC1)C12CC1CCN2S(=O)(=O)c1ccc2c(c1)CCO2. The highest BCUT2D eigenvalue weighted by Crippen LogP contribution is 2.57. The van der Waals surface area contributed by atoms with E-state index < -0.39 is 15.6 Å². The highest BCUT2D eigenvalue weighted by Gasteiger charge is 2.70. The number of sulfonamides is 1. The molecule has 0 radical (unpaired) electrons.